The normalized spacial score (nSPS) is 17.5. The predicted molar refractivity (Wildman–Crippen MR) is 69.6 cm³/mol. The molecule has 0 aliphatic carbocycles. The van der Waals surface area contributed by atoms with E-state index >= 15 is 0 Å². The van der Waals surface area contributed by atoms with Gasteiger partial charge >= 0.3 is 0 Å². The minimum absolute atomic E-state index is 0.608. The van der Waals surface area contributed by atoms with Gasteiger partial charge in [0, 0.05) is 24.3 Å². The molecule has 2 rings (SSSR count). The van der Waals surface area contributed by atoms with Gasteiger partial charge in [0.25, 0.3) is 0 Å². The molecule has 5 heteroatoms. The molecule has 0 saturated carbocycles. The summed E-state index contributed by atoms with van der Waals surface area (Å²) in [6.45, 7) is 5.55. The van der Waals surface area contributed by atoms with Crippen molar-refractivity contribution in [3.05, 3.63) is 11.3 Å². The molecule has 1 aliphatic heterocycles. The molecule has 3 nitrogen and oxygen atoms in total. The highest BCUT2D eigenvalue weighted by Crippen LogP contribution is 2.26. The molecule has 0 amide bonds. The van der Waals surface area contributed by atoms with Crippen molar-refractivity contribution in [2.75, 3.05) is 24.2 Å². The maximum atomic E-state index is 13.1. The number of halogens is 1. The van der Waals surface area contributed by atoms with Crippen LogP contribution < -0.4 is 4.90 Å². The van der Waals surface area contributed by atoms with Crippen LogP contribution in [0.25, 0.3) is 0 Å². The molecule has 0 aromatic carbocycles. The Hall–Kier alpha value is -0.840. The number of anilines is 1. The zero-order valence-corrected chi connectivity index (χ0v) is 11.4. The van der Waals surface area contributed by atoms with Crippen molar-refractivity contribution in [3.8, 4) is 0 Å². The SMILES string of the molecule is CSc1nc(C)c(C)c(N2CCC(F)CC2)n1. The van der Waals surface area contributed by atoms with Gasteiger partial charge in [-0.3, -0.25) is 0 Å². The number of alkyl halides is 1. The lowest BCUT2D eigenvalue weighted by molar-refractivity contribution is 0.276. The van der Waals surface area contributed by atoms with Crippen LogP contribution in [0.2, 0.25) is 0 Å². The van der Waals surface area contributed by atoms with Crippen molar-refractivity contribution in [3.63, 3.8) is 0 Å². The van der Waals surface area contributed by atoms with Gasteiger partial charge in [0.2, 0.25) is 0 Å². The van der Waals surface area contributed by atoms with Crippen molar-refractivity contribution in [2.45, 2.75) is 38.0 Å². The second-order valence-corrected chi connectivity index (χ2v) is 5.18. The molecule has 2 heterocycles. The largest absolute Gasteiger partial charge is 0.356 e. The quantitative estimate of drug-likeness (QED) is 0.600. The molecule has 1 aliphatic rings. The van der Waals surface area contributed by atoms with E-state index in [4.69, 9.17) is 0 Å². The Morgan fingerprint density at radius 3 is 2.47 bits per heavy atom. The predicted octanol–water partition coefficient (Wildman–Crippen LogP) is 2.75. The summed E-state index contributed by atoms with van der Waals surface area (Å²) in [5.74, 6) is 0.980. The number of aryl methyl sites for hydroxylation is 1. The highest BCUT2D eigenvalue weighted by molar-refractivity contribution is 7.98. The summed E-state index contributed by atoms with van der Waals surface area (Å²) in [7, 11) is 0. The molecule has 17 heavy (non-hydrogen) atoms. The number of hydrogen-bond donors (Lipinski definition) is 0. The van der Waals surface area contributed by atoms with Gasteiger partial charge < -0.3 is 4.90 Å². The van der Waals surface area contributed by atoms with Gasteiger partial charge in [-0.15, -0.1) is 0 Å². The second kappa shape index (κ2) is 5.21. The third-order valence-electron chi connectivity index (χ3n) is 3.25. The molecule has 0 bridgehead atoms. The minimum atomic E-state index is -0.644. The first-order valence-corrected chi connectivity index (χ1v) is 7.12. The summed E-state index contributed by atoms with van der Waals surface area (Å²) >= 11 is 1.55. The number of hydrogen-bond acceptors (Lipinski definition) is 4. The first-order chi connectivity index (χ1) is 8.11. The van der Waals surface area contributed by atoms with Crippen LogP contribution >= 0.6 is 11.8 Å². The van der Waals surface area contributed by atoms with Crippen LogP contribution in [-0.2, 0) is 0 Å². The molecule has 0 radical (unpaired) electrons. The van der Waals surface area contributed by atoms with Gasteiger partial charge in [-0.2, -0.15) is 0 Å². The van der Waals surface area contributed by atoms with Crippen molar-refractivity contribution >= 4 is 17.6 Å². The van der Waals surface area contributed by atoms with Crippen LogP contribution in [-0.4, -0.2) is 35.5 Å². The van der Waals surface area contributed by atoms with Crippen molar-refractivity contribution in [2.24, 2.45) is 0 Å². The highest BCUT2D eigenvalue weighted by Gasteiger charge is 2.21. The minimum Gasteiger partial charge on any atom is -0.356 e. The van der Waals surface area contributed by atoms with E-state index in [1.807, 2.05) is 20.1 Å². The molecule has 1 aromatic heterocycles. The Balaban J connectivity index is 2.27. The van der Waals surface area contributed by atoms with Crippen LogP contribution in [0, 0.1) is 13.8 Å². The maximum absolute atomic E-state index is 13.1. The first kappa shape index (κ1) is 12.6. The monoisotopic (exact) mass is 255 g/mol. The fourth-order valence-corrected chi connectivity index (χ4v) is 2.45. The maximum Gasteiger partial charge on any atom is 0.189 e. The zero-order chi connectivity index (χ0) is 12.4. The van der Waals surface area contributed by atoms with Crippen LogP contribution in [0.1, 0.15) is 24.1 Å². The Morgan fingerprint density at radius 2 is 1.88 bits per heavy atom. The summed E-state index contributed by atoms with van der Waals surface area (Å²) in [6.07, 6.45) is 2.55. The topological polar surface area (TPSA) is 29.0 Å². The lowest BCUT2D eigenvalue weighted by Gasteiger charge is -2.31. The van der Waals surface area contributed by atoms with Crippen molar-refractivity contribution in [1.29, 1.82) is 0 Å². The number of piperidine rings is 1. The summed E-state index contributed by atoms with van der Waals surface area (Å²) in [5, 5.41) is 0.797. The van der Waals surface area contributed by atoms with Gasteiger partial charge in [0.05, 0.1) is 0 Å². The smallest absolute Gasteiger partial charge is 0.189 e. The van der Waals surface area contributed by atoms with Crippen LogP contribution in [0.4, 0.5) is 10.2 Å². The van der Waals surface area contributed by atoms with E-state index in [1.165, 1.54) is 0 Å². The number of thioether (sulfide) groups is 1. The average molecular weight is 255 g/mol. The molecule has 0 spiro atoms. The first-order valence-electron chi connectivity index (χ1n) is 5.90. The molecule has 94 valence electrons. The fourth-order valence-electron chi connectivity index (χ4n) is 2.05. The molecule has 0 unspecified atom stereocenters. The van der Waals surface area contributed by atoms with Gasteiger partial charge in [0.15, 0.2) is 5.16 Å². The summed E-state index contributed by atoms with van der Waals surface area (Å²) in [4.78, 5) is 11.1. The second-order valence-electron chi connectivity index (χ2n) is 4.41. The summed E-state index contributed by atoms with van der Waals surface area (Å²) in [6, 6.07) is 0. The summed E-state index contributed by atoms with van der Waals surface area (Å²) < 4.78 is 13.1. The Bertz CT molecular complexity index is 403. The van der Waals surface area contributed by atoms with Crippen LogP contribution in [0.15, 0.2) is 5.16 Å². The highest BCUT2D eigenvalue weighted by atomic mass is 32.2. The molecular formula is C12H18FN3S. The van der Waals surface area contributed by atoms with Gasteiger partial charge in [-0.05, 0) is 32.9 Å². The molecule has 0 atom stereocenters. The third-order valence-corrected chi connectivity index (χ3v) is 3.80. The van der Waals surface area contributed by atoms with E-state index in [0.717, 1.165) is 35.3 Å². The number of aromatic nitrogens is 2. The third kappa shape index (κ3) is 2.70. The van der Waals surface area contributed by atoms with Crippen molar-refractivity contribution < 1.29 is 4.39 Å². The Labute approximate surface area is 106 Å². The van der Waals surface area contributed by atoms with E-state index in [0.29, 0.717) is 12.8 Å². The van der Waals surface area contributed by atoms with Gasteiger partial charge in [0.1, 0.15) is 12.0 Å². The standard InChI is InChI=1S/C12H18FN3S/c1-8-9(2)14-12(17-3)15-11(8)16-6-4-10(13)5-7-16/h10H,4-7H2,1-3H3. The number of rotatable bonds is 2. The molecule has 1 saturated heterocycles. The lowest BCUT2D eigenvalue weighted by atomic mass is 10.1. The zero-order valence-electron chi connectivity index (χ0n) is 10.5. The molecule has 1 fully saturated rings. The van der Waals surface area contributed by atoms with E-state index in [2.05, 4.69) is 14.9 Å². The van der Waals surface area contributed by atoms with E-state index in [1.54, 1.807) is 11.8 Å². The van der Waals surface area contributed by atoms with Gasteiger partial charge in [-0.1, -0.05) is 11.8 Å². The Morgan fingerprint density at radius 1 is 1.24 bits per heavy atom. The van der Waals surface area contributed by atoms with Crippen molar-refractivity contribution in [1.82, 2.24) is 9.97 Å². The van der Waals surface area contributed by atoms with Crippen LogP contribution in [0.5, 0.6) is 0 Å². The summed E-state index contributed by atoms with van der Waals surface area (Å²) in [5.41, 5.74) is 2.13. The molecular weight excluding hydrogens is 237 g/mol. The fraction of sp³-hybridized carbons (Fsp3) is 0.667. The van der Waals surface area contributed by atoms with E-state index in [9.17, 15) is 4.39 Å². The van der Waals surface area contributed by atoms with E-state index in [-0.39, 0.29) is 0 Å². The van der Waals surface area contributed by atoms with Crippen LogP contribution in [0.3, 0.4) is 0 Å². The average Bonchev–Trinajstić information content (AvgIpc) is 2.34. The Kier molecular flexibility index (Phi) is 3.86. The number of nitrogens with zero attached hydrogens (tertiary/aromatic N) is 3. The molecule has 1 aromatic rings. The molecule has 0 N–H and O–H groups in total. The van der Waals surface area contributed by atoms with Gasteiger partial charge in [-0.25, -0.2) is 14.4 Å². The lowest BCUT2D eigenvalue weighted by Crippen LogP contribution is -2.35. The van der Waals surface area contributed by atoms with E-state index < -0.39 is 6.17 Å².